The van der Waals surface area contributed by atoms with Crippen LogP contribution in [0.3, 0.4) is 0 Å². The monoisotopic (exact) mass is 231 g/mol. The molecule has 1 aromatic rings. The fraction of sp³-hybridized carbons (Fsp3) is 0.333. The van der Waals surface area contributed by atoms with E-state index in [9.17, 15) is 10.1 Å². The average Bonchev–Trinajstić information content (AvgIpc) is 2.09. The van der Waals surface area contributed by atoms with Crippen LogP contribution in [0.25, 0.3) is 0 Å². The lowest BCUT2D eigenvalue weighted by molar-refractivity contribution is -0.456. The number of halogens is 1. The fourth-order valence-electron chi connectivity index (χ4n) is 1.03. The number of benzene rings is 1. The topological polar surface area (TPSA) is 43.1 Å². The Labute approximate surface area is 91.6 Å². The molecule has 0 amide bonds. The molecule has 0 aromatic heterocycles. The van der Waals surface area contributed by atoms with Gasteiger partial charge >= 0.3 is 0 Å². The maximum atomic E-state index is 10.2. The van der Waals surface area contributed by atoms with Crippen molar-refractivity contribution in [3.63, 3.8) is 0 Å². The van der Waals surface area contributed by atoms with E-state index in [-0.39, 0.29) is 10.8 Å². The molecule has 0 aliphatic carbocycles. The average molecular weight is 232 g/mol. The summed E-state index contributed by atoms with van der Waals surface area (Å²) in [4.78, 5) is 10.8. The Morgan fingerprint density at radius 2 is 2.07 bits per heavy atom. The third-order valence-corrected chi connectivity index (χ3v) is 3.28. The quantitative estimate of drug-likeness (QED) is 0.347. The van der Waals surface area contributed by atoms with Gasteiger partial charge in [-0.05, 0) is 48.9 Å². The molecule has 0 aliphatic rings. The highest BCUT2D eigenvalue weighted by molar-refractivity contribution is 7.99. The predicted molar refractivity (Wildman–Crippen MR) is 58.6 cm³/mol. The molecule has 14 heavy (non-hydrogen) atoms. The number of aryl methyl sites for hydroxylation is 2. The Hall–Kier alpha value is -0.740. The SMILES string of the molecule is Cc1cc(SC[N+](=O)[O-])c(C)cc1Cl. The lowest BCUT2D eigenvalue weighted by Gasteiger charge is -2.05. The van der Waals surface area contributed by atoms with Crippen LogP contribution in [0.2, 0.25) is 5.02 Å². The summed E-state index contributed by atoms with van der Waals surface area (Å²) in [5.41, 5.74) is 1.93. The Morgan fingerprint density at radius 1 is 1.43 bits per heavy atom. The molecule has 0 saturated carbocycles. The molecule has 0 aliphatic heterocycles. The van der Waals surface area contributed by atoms with Gasteiger partial charge in [-0.1, -0.05) is 11.6 Å². The second kappa shape index (κ2) is 4.66. The van der Waals surface area contributed by atoms with Crippen LogP contribution in [0.15, 0.2) is 17.0 Å². The van der Waals surface area contributed by atoms with Crippen LogP contribution >= 0.6 is 23.4 Å². The van der Waals surface area contributed by atoms with Crippen LogP contribution < -0.4 is 0 Å². The van der Waals surface area contributed by atoms with Gasteiger partial charge in [0.1, 0.15) is 0 Å². The fourth-order valence-corrected chi connectivity index (χ4v) is 2.04. The molecule has 76 valence electrons. The molecule has 3 nitrogen and oxygen atoms in total. The van der Waals surface area contributed by atoms with Crippen molar-refractivity contribution in [2.45, 2.75) is 18.7 Å². The van der Waals surface area contributed by atoms with Crippen LogP contribution in [-0.2, 0) is 0 Å². The molecule has 0 N–H and O–H groups in total. The van der Waals surface area contributed by atoms with Crippen molar-refractivity contribution < 1.29 is 4.92 Å². The molecule has 1 rings (SSSR count). The smallest absolute Gasteiger partial charge is 0.253 e. The van der Waals surface area contributed by atoms with Crippen LogP contribution in [0.1, 0.15) is 11.1 Å². The first-order valence-corrected chi connectivity index (χ1v) is 5.38. The Bertz CT molecular complexity index is 368. The summed E-state index contributed by atoms with van der Waals surface area (Å²) < 4.78 is 0. The Kier molecular flexibility index (Phi) is 3.77. The van der Waals surface area contributed by atoms with E-state index in [4.69, 9.17) is 11.6 Å². The first-order valence-electron chi connectivity index (χ1n) is 4.02. The summed E-state index contributed by atoms with van der Waals surface area (Å²) in [6, 6.07) is 3.71. The highest BCUT2D eigenvalue weighted by Crippen LogP contribution is 2.27. The highest BCUT2D eigenvalue weighted by Gasteiger charge is 2.06. The summed E-state index contributed by atoms with van der Waals surface area (Å²) >= 11 is 7.13. The summed E-state index contributed by atoms with van der Waals surface area (Å²) in [5.74, 6) is -0.109. The second-order valence-corrected chi connectivity index (χ2v) is 4.37. The largest absolute Gasteiger partial charge is 0.264 e. The summed E-state index contributed by atoms with van der Waals surface area (Å²) in [6.45, 7) is 3.78. The molecular formula is C9H10ClNO2S. The standard InChI is InChI=1S/C9H10ClNO2S/c1-6-4-9(14-5-11(12)13)7(2)3-8(6)10/h3-4H,5H2,1-2H3. The maximum Gasteiger partial charge on any atom is 0.253 e. The minimum Gasteiger partial charge on any atom is -0.264 e. The van der Waals surface area contributed by atoms with Gasteiger partial charge in [0.05, 0.1) is 0 Å². The van der Waals surface area contributed by atoms with Gasteiger partial charge < -0.3 is 0 Å². The number of rotatable bonds is 3. The van der Waals surface area contributed by atoms with E-state index >= 15 is 0 Å². The molecule has 0 fully saturated rings. The maximum absolute atomic E-state index is 10.2. The van der Waals surface area contributed by atoms with Gasteiger partial charge in [-0.15, -0.1) is 0 Å². The molecule has 0 radical (unpaired) electrons. The van der Waals surface area contributed by atoms with Crippen molar-refractivity contribution in [1.82, 2.24) is 0 Å². The van der Waals surface area contributed by atoms with Crippen molar-refractivity contribution in [3.05, 3.63) is 38.4 Å². The Morgan fingerprint density at radius 3 is 2.64 bits per heavy atom. The summed E-state index contributed by atoms with van der Waals surface area (Å²) in [7, 11) is 0. The van der Waals surface area contributed by atoms with E-state index in [0.717, 1.165) is 16.0 Å². The van der Waals surface area contributed by atoms with Crippen LogP contribution in [0.4, 0.5) is 0 Å². The minimum atomic E-state index is -0.339. The van der Waals surface area contributed by atoms with Crippen molar-refractivity contribution in [1.29, 1.82) is 0 Å². The third-order valence-electron chi connectivity index (χ3n) is 1.78. The number of hydrogen-bond acceptors (Lipinski definition) is 3. The first-order chi connectivity index (χ1) is 6.50. The molecule has 0 heterocycles. The van der Waals surface area contributed by atoms with Gasteiger partial charge in [0, 0.05) is 14.8 Å². The third kappa shape index (κ3) is 2.89. The molecular weight excluding hydrogens is 222 g/mol. The van der Waals surface area contributed by atoms with Gasteiger partial charge in [0.25, 0.3) is 5.88 Å². The van der Waals surface area contributed by atoms with E-state index in [2.05, 4.69) is 0 Å². The van der Waals surface area contributed by atoms with E-state index in [0.29, 0.717) is 5.02 Å². The van der Waals surface area contributed by atoms with Crippen molar-refractivity contribution in [2.24, 2.45) is 0 Å². The van der Waals surface area contributed by atoms with Crippen molar-refractivity contribution in [2.75, 3.05) is 5.88 Å². The zero-order chi connectivity index (χ0) is 10.7. The number of nitrogens with zero attached hydrogens (tertiary/aromatic N) is 1. The van der Waals surface area contributed by atoms with Crippen LogP contribution in [-0.4, -0.2) is 10.8 Å². The van der Waals surface area contributed by atoms with Gasteiger partial charge in [0.15, 0.2) is 0 Å². The molecule has 0 atom stereocenters. The zero-order valence-corrected chi connectivity index (χ0v) is 9.48. The van der Waals surface area contributed by atoms with Crippen molar-refractivity contribution in [3.8, 4) is 0 Å². The Balaban J connectivity index is 2.87. The van der Waals surface area contributed by atoms with Crippen LogP contribution in [0, 0.1) is 24.0 Å². The van der Waals surface area contributed by atoms with E-state index < -0.39 is 0 Å². The normalized spacial score (nSPS) is 10.2. The lowest BCUT2D eigenvalue weighted by Crippen LogP contribution is -1.96. The molecule has 0 unspecified atom stereocenters. The lowest BCUT2D eigenvalue weighted by atomic mass is 10.2. The molecule has 0 spiro atoms. The minimum absolute atomic E-state index is 0.109. The molecule has 1 aromatic carbocycles. The number of hydrogen-bond donors (Lipinski definition) is 0. The highest BCUT2D eigenvalue weighted by atomic mass is 35.5. The molecule has 5 heteroatoms. The van der Waals surface area contributed by atoms with Gasteiger partial charge in [-0.2, -0.15) is 0 Å². The van der Waals surface area contributed by atoms with E-state index in [1.165, 1.54) is 11.8 Å². The zero-order valence-electron chi connectivity index (χ0n) is 7.91. The van der Waals surface area contributed by atoms with Gasteiger partial charge in [-0.25, -0.2) is 0 Å². The summed E-state index contributed by atoms with van der Waals surface area (Å²) in [5, 5.41) is 10.9. The predicted octanol–water partition coefficient (Wildman–Crippen LogP) is 3.28. The van der Waals surface area contributed by atoms with Crippen molar-refractivity contribution >= 4 is 23.4 Å². The van der Waals surface area contributed by atoms with Gasteiger partial charge in [0.2, 0.25) is 0 Å². The van der Waals surface area contributed by atoms with Crippen LogP contribution in [0.5, 0.6) is 0 Å². The second-order valence-electron chi connectivity index (χ2n) is 2.97. The van der Waals surface area contributed by atoms with Gasteiger partial charge in [-0.3, -0.25) is 10.1 Å². The first kappa shape index (κ1) is 11.3. The molecule has 0 saturated heterocycles. The molecule has 0 bridgehead atoms. The van der Waals surface area contributed by atoms with E-state index in [1.54, 1.807) is 0 Å². The number of nitro groups is 1. The number of thioether (sulfide) groups is 1. The van der Waals surface area contributed by atoms with E-state index in [1.807, 2.05) is 26.0 Å². The summed E-state index contributed by atoms with van der Waals surface area (Å²) in [6.07, 6.45) is 0.